The molecule has 2 aliphatic rings. The van der Waals surface area contributed by atoms with E-state index in [2.05, 4.69) is 9.88 Å². The summed E-state index contributed by atoms with van der Waals surface area (Å²) in [4.78, 5) is 21.0. The van der Waals surface area contributed by atoms with Crippen LogP contribution in [0.4, 0.5) is 0 Å². The van der Waals surface area contributed by atoms with E-state index in [1.807, 2.05) is 23.1 Å². The first-order chi connectivity index (χ1) is 10.7. The molecule has 1 spiro atoms. The Balaban J connectivity index is 1.68. The summed E-state index contributed by atoms with van der Waals surface area (Å²) < 4.78 is 0. The largest absolute Gasteiger partial charge is 0.395 e. The van der Waals surface area contributed by atoms with E-state index in [0.717, 1.165) is 44.7 Å². The van der Waals surface area contributed by atoms with E-state index in [0.29, 0.717) is 13.0 Å². The molecule has 5 nitrogen and oxygen atoms in total. The van der Waals surface area contributed by atoms with Gasteiger partial charge in [0.1, 0.15) is 0 Å². The number of hydrogen-bond donors (Lipinski definition) is 1. The van der Waals surface area contributed by atoms with Gasteiger partial charge in [0, 0.05) is 37.7 Å². The summed E-state index contributed by atoms with van der Waals surface area (Å²) in [6.07, 6.45) is 5.74. The first kappa shape index (κ1) is 15.4. The minimum absolute atomic E-state index is 0.204. The lowest BCUT2D eigenvalue weighted by Gasteiger charge is -2.48. The molecule has 5 heteroatoms. The Kier molecular flexibility index (Phi) is 4.74. The molecule has 3 rings (SSSR count). The van der Waals surface area contributed by atoms with Crippen LogP contribution in [-0.2, 0) is 11.3 Å². The van der Waals surface area contributed by atoms with Crippen molar-refractivity contribution >= 4 is 5.91 Å². The monoisotopic (exact) mass is 303 g/mol. The Morgan fingerprint density at radius 3 is 2.95 bits per heavy atom. The fourth-order valence-electron chi connectivity index (χ4n) is 3.91. The highest BCUT2D eigenvalue weighted by Crippen LogP contribution is 2.39. The van der Waals surface area contributed by atoms with Crippen LogP contribution >= 0.6 is 0 Å². The number of aliphatic hydroxyl groups excluding tert-OH is 1. The van der Waals surface area contributed by atoms with Gasteiger partial charge in [-0.15, -0.1) is 0 Å². The standard InChI is InChI=1S/C17H25N3O2/c21-11-10-19-9-3-6-17(13-19)7-5-16(22)20(14-17)12-15-4-1-2-8-18-15/h1-2,4,8,21H,3,5-7,9-14H2/t17-/m1/s1. The molecule has 1 N–H and O–H groups in total. The second-order valence-corrected chi connectivity index (χ2v) is 6.67. The Morgan fingerprint density at radius 2 is 2.18 bits per heavy atom. The normalized spacial score (nSPS) is 26.6. The number of rotatable bonds is 4. The minimum Gasteiger partial charge on any atom is -0.395 e. The van der Waals surface area contributed by atoms with Crippen LogP contribution in [-0.4, -0.2) is 58.6 Å². The smallest absolute Gasteiger partial charge is 0.222 e. The number of hydrogen-bond acceptors (Lipinski definition) is 4. The van der Waals surface area contributed by atoms with Crippen LogP contribution in [0.25, 0.3) is 0 Å². The third-order valence-electron chi connectivity index (χ3n) is 4.98. The van der Waals surface area contributed by atoms with Crippen molar-refractivity contribution in [2.24, 2.45) is 5.41 Å². The number of pyridine rings is 1. The van der Waals surface area contributed by atoms with Gasteiger partial charge < -0.3 is 14.9 Å². The molecule has 0 aliphatic carbocycles. The van der Waals surface area contributed by atoms with Crippen LogP contribution < -0.4 is 0 Å². The Labute approximate surface area is 131 Å². The van der Waals surface area contributed by atoms with Crippen molar-refractivity contribution in [2.75, 3.05) is 32.8 Å². The molecule has 120 valence electrons. The number of carbonyl (C=O) groups excluding carboxylic acids is 1. The maximum absolute atomic E-state index is 12.3. The lowest BCUT2D eigenvalue weighted by molar-refractivity contribution is -0.140. The number of aromatic nitrogens is 1. The van der Waals surface area contributed by atoms with Gasteiger partial charge in [0.25, 0.3) is 0 Å². The van der Waals surface area contributed by atoms with Gasteiger partial charge in [-0.3, -0.25) is 9.78 Å². The SMILES string of the molecule is O=C1CC[C@@]2(CCCN(CCO)C2)CN1Cc1ccccn1. The predicted molar refractivity (Wildman–Crippen MR) is 84.1 cm³/mol. The van der Waals surface area contributed by atoms with Crippen molar-refractivity contribution in [3.05, 3.63) is 30.1 Å². The van der Waals surface area contributed by atoms with E-state index >= 15 is 0 Å². The second kappa shape index (κ2) is 6.75. The van der Waals surface area contributed by atoms with Gasteiger partial charge in [0.15, 0.2) is 0 Å². The van der Waals surface area contributed by atoms with Crippen LogP contribution in [0.15, 0.2) is 24.4 Å². The van der Waals surface area contributed by atoms with Crippen LogP contribution in [0.3, 0.4) is 0 Å². The first-order valence-electron chi connectivity index (χ1n) is 8.22. The van der Waals surface area contributed by atoms with Crippen molar-refractivity contribution in [2.45, 2.75) is 32.2 Å². The van der Waals surface area contributed by atoms with E-state index in [9.17, 15) is 9.90 Å². The summed E-state index contributed by atoms with van der Waals surface area (Å²) in [5, 5.41) is 9.18. The highest BCUT2D eigenvalue weighted by atomic mass is 16.3. The van der Waals surface area contributed by atoms with Crippen molar-refractivity contribution < 1.29 is 9.90 Å². The van der Waals surface area contributed by atoms with Gasteiger partial charge in [0.05, 0.1) is 18.8 Å². The molecule has 3 heterocycles. The molecule has 0 unspecified atom stereocenters. The Hall–Kier alpha value is -1.46. The van der Waals surface area contributed by atoms with E-state index in [1.54, 1.807) is 6.20 Å². The van der Waals surface area contributed by atoms with Gasteiger partial charge in [-0.05, 0) is 37.9 Å². The maximum atomic E-state index is 12.3. The van der Waals surface area contributed by atoms with Crippen molar-refractivity contribution in [3.63, 3.8) is 0 Å². The number of carbonyl (C=O) groups is 1. The summed E-state index contributed by atoms with van der Waals surface area (Å²) in [6.45, 7) is 4.46. The number of aliphatic hydroxyl groups is 1. The highest BCUT2D eigenvalue weighted by Gasteiger charge is 2.41. The van der Waals surface area contributed by atoms with E-state index in [4.69, 9.17) is 0 Å². The highest BCUT2D eigenvalue weighted by molar-refractivity contribution is 5.77. The van der Waals surface area contributed by atoms with Gasteiger partial charge in [-0.1, -0.05) is 6.07 Å². The topological polar surface area (TPSA) is 56.7 Å². The molecular weight excluding hydrogens is 278 g/mol. The lowest BCUT2D eigenvalue weighted by atomic mass is 9.73. The minimum atomic E-state index is 0.204. The summed E-state index contributed by atoms with van der Waals surface area (Å²) in [6, 6.07) is 5.85. The molecule has 2 saturated heterocycles. The van der Waals surface area contributed by atoms with E-state index in [1.165, 1.54) is 6.42 Å². The summed E-state index contributed by atoms with van der Waals surface area (Å²) >= 11 is 0. The fraction of sp³-hybridized carbons (Fsp3) is 0.647. The number of nitrogens with zero attached hydrogens (tertiary/aromatic N) is 3. The summed E-state index contributed by atoms with van der Waals surface area (Å²) in [5.41, 5.74) is 1.16. The fourth-order valence-corrected chi connectivity index (χ4v) is 3.91. The zero-order valence-corrected chi connectivity index (χ0v) is 13.1. The predicted octanol–water partition coefficient (Wildman–Crippen LogP) is 1.28. The quantitative estimate of drug-likeness (QED) is 0.910. The number of likely N-dealkylation sites (tertiary alicyclic amines) is 2. The number of β-amino-alcohol motifs (C(OH)–C–C–N with tert-alkyl or cyclic N) is 1. The van der Waals surface area contributed by atoms with Crippen molar-refractivity contribution in [3.8, 4) is 0 Å². The Morgan fingerprint density at radius 1 is 1.27 bits per heavy atom. The average Bonchev–Trinajstić information content (AvgIpc) is 2.53. The molecule has 1 atom stereocenters. The molecule has 1 aromatic rings. The Bertz CT molecular complexity index is 506. The zero-order valence-electron chi connectivity index (χ0n) is 13.1. The average molecular weight is 303 g/mol. The van der Waals surface area contributed by atoms with Crippen molar-refractivity contribution in [1.82, 2.24) is 14.8 Å². The molecule has 1 aromatic heterocycles. The van der Waals surface area contributed by atoms with Crippen LogP contribution in [0, 0.1) is 5.41 Å². The van der Waals surface area contributed by atoms with Crippen LogP contribution in [0.5, 0.6) is 0 Å². The second-order valence-electron chi connectivity index (χ2n) is 6.67. The third-order valence-corrected chi connectivity index (χ3v) is 4.98. The molecular formula is C17H25N3O2. The van der Waals surface area contributed by atoms with Gasteiger partial charge in [-0.25, -0.2) is 0 Å². The van der Waals surface area contributed by atoms with Gasteiger partial charge in [0.2, 0.25) is 5.91 Å². The molecule has 0 aromatic carbocycles. The third kappa shape index (κ3) is 3.47. The molecule has 0 bridgehead atoms. The van der Waals surface area contributed by atoms with E-state index < -0.39 is 0 Å². The van der Waals surface area contributed by atoms with Gasteiger partial charge >= 0.3 is 0 Å². The zero-order chi connectivity index (χ0) is 15.4. The molecule has 0 saturated carbocycles. The maximum Gasteiger partial charge on any atom is 0.222 e. The molecule has 1 amide bonds. The first-order valence-corrected chi connectivity index (χ1v) is 8.22. The molecule has 22 heavy (non-hydrogen) atoms. The molecule has 0 radical (unpaired) electrons. The summed E-state index contributed by atoms with van der Waals surface area (Å²) in [7, 11) is 0. The van der Waals surface area contributed by atoms with Crippen molar-refractivity contribution in [1.29, 1.82) is 0 Å². The van der Waals surface area contributed by atoms with Crippen LogP contribution in [0.2, 0.25) is 0 Å². The summed E-state index contributed by atoms with van der Waals surface area (Å²) in [5.74, 6) is 0.246. The van der Waals surface area contributed by atoms with E-state index in [-0.39, 0.29) is 17.9 Å². The number of amides is 1. The molecule has 2 fully saturated rings. The van der Waals surface area contributed by atoms with Gasteiger partial charge in [-0.2, -0.15) is 0 Å². The lowest BCUT2D eigenvalue weighted by Crippen LogP contribution is -2.54. The number of piperidine rings is 2. The van der Waals surface area contributed by atoms with Crippen LogP contribution in [0.1, 0.15) is 31.4 Å². The molecule has 2 aliphatic heterocycles.